The highest BCUT2D eigenvalue weighted by Crippen LogP contribution is 2.44. The Kier molecular flexibility index (Phi) is 3.43. The fraction of sp³-hybridized carbons (Fsp3) is 0.200. The first-order valence-electron chi connectivity index (χ1n) is 2.70. The summed E-state index contributed by atoms with van der Waals surface area (Å²) in [4.78, 5) is 0. The van der Waals surface area contributed by atoms with Gasteiger partial charge in [-0.05, 0) is 59.2 Å². The predicted octanol–water partition coefficient (Wildman–Crippen LogP) is 3.32. The maximum absolute atomic E-state index is 11.6. The number of alkyl halides is 3. The van der Waals surface area contributed by atoms with Gasteiger partial charge in [0.2, 0.25) is 11.3 Å². The van der Waals surface area contributed by atoms with E-state index in [4.69, 9.17) is 0 Å². The van der Waals surface area contributed by atoms with Crippen molar-refractivity contribution < 1.29 is 8.42 Å². The van der Waals surface area contributed by atoms with Gasteiger partial charge in [0.15, 0.2) is 0 Å². The van der Waals surface area contributed by atoms with E-state index in [0.717, 1.165) is 0 Å². The molecule has 0 amide bonds. The van der Waals surface area contributed by atoms with E-state index in [2.05, 4.69) is 47.8 Å². The first-order chi connectivity index (χ1) is 5.36. The van der Waals surface area contributed by atoms with Gasteiger partial charge in [-0.2, -0.15) is 0 Å². The van der Waals surface area contributed by atoms with Crippen LogP contribution < -0.4 is 0 Å². The molecular weight excluding hydrogens is 396 g/mol. The fourth-order valence-corrected chi connectivity index (χ4v) is 5.05. The minimum absolute atomic E-state index is 0.313. The van der Waals surface area contributed by atoms with Gasteiger partial charge < -0.3 is 0 Å². The van der Waals surface area contributed by atoms with E-state index in [1.165, 1.54) is 11.3 Å². The van der Waals surface area contributed by atoms with Crippen molar-refractivity contribution in [2.45, 2.75) is 5.68 Å². The highest BCUT2D eigenvalue weighted by molar-refractivity contribution is 9.42. The van der Waals surface area contributed by atoms with Crippen LogP contribution in [-0.2, 0) is 9.84 Å². The molecule has 1 aromatic heterocycles. The van der Waals surface area contributed by atoms with Crippen LogP contribution in [0.4, 0.5) is 0 Å². The molecule has 0 fully saturated rings. The van der Waals surface area contributed by atoms with Gasteiger partial charge in [0, 0.05) is 0 Å². The summed E-state index contributed by atoms with van der Waals surface area (Å²) in [6.45, 7) is 0. The van der Waals surface area contributed by atoms with Crippen molar-refractivity contribution in [1.82, 2.24) is 0 Å². The van der Waals surface area contributed by atoms with Gasteiger partial charge in [-0.25, -0.2) is 8.42 Å². The van der Waals surface area contributed by atoms with Crippen LogP contribution >= 0.6 is 59.1 Å². The lowest BCUT2D eigenvalue weighted by molar-refractivity contribution is 0.601. The Hall–Kier alpha value is 1.09. The summed E-state index contributed by atoms with van der Waals surface area (Å²) in [7, 11) is -3.36. The molecule has 1 aromatic rings. The van der Waals surface area contributed by atoms with Gasteiger partial charge in [0.1, 0.15) is 4.21 Å². The van der Waals surface area contributed by atoms with Crippen LogP contribution in [0.3, 0.4) is 0 Å². The largest absolute Gasteiger partial charge is 0.240 e. The molecule has 2 nitrogen and oxygen atoms in total. The average Bonchev–Trinajstić information content (AvgIpc) is 2.34. The number of hydrogen-bond acceptors (Lipinski definition) is 3. The predicted molar refractivity (Wildman–Crippen MR) is 61.0 cm³/mol. The second-order valence-corrected chi connectivity index (χ2v) is 13.5. The highest BCUT2D eigenvalue weighted by atomic mass is 80.0. The number of rotatable bonds is 1. The molecule has 0 aliphatic carbocycles. The van der Waals surface area contributed by atoms with Gasteiger partial charge in [0.25, 0.3) is 0 Å². The van der Waals surface area contributed by atoms with Gasteiger partial charge in [-0.15, -0.1) is 11.3 Å². The lowest BCUT2D eigenvalue weighted by atomic mass is 10.7. The lowest BCUT2D eigenvalue weighted by Crippen LogP contribution is -2.16. The molecule has 0 atom stereocenters. The SMILES string of the molecule is O=S(=O)(c1cccs1)C(Br)(Br)Br. The number of thiophene rings is 1. The molecule has 1 heterocycles. The molecule has 0 bridgehead atoms. The zero-order chi connectivity index (χ0) is 9.41. The average molecular weight is 399 g/mol. The lowest BCUT2D eigenvalue weighted by Gasteiger charge is -2.10. The minimum atomic E-state index is -3.36. The van der Waals surface area contributed by atoms with E-state index < -0.39 is 11.3 Å². The topological polar surface area (TPSA) is 34.1 Å². The quantitative estimate of drug-likeness (QED) is 0.680. The van der Waals surface area contributed by atoms with Crippen LogP contribution in [0, 0.1) is 0 Å². The first-order valence-corrected chi connectivity index (χ1v) is 7.45. The third kappa shape index (κ3) is 2.12. The second-order valence-electron chi connectivity index (χ2n) is 1.88. The molecule has 0 spiro atoms. The fourth-order valence-electron chi connectivity index (χ4n) is 0.530. The van der Waals surface area contributed by atoms with E-state index in [1.54, 1.807) is 17.5 Å². The molecule has 0 aromatic carbocycles. The van der Waals surface area contributed by atoms with Crippen LogP contribution in [0.25, 0.3) is 0 Å². The Bertz CT molecular complexity index is 349. The summed E-state index contributed by atoms with van der Waals surface area (Å²) < 4.78 is 22.2. The van der Waals surface area contributed by atoms with E-state index in [-0.39, 0.29) is 0 Å². The molecule has 0 aliphatic rings. The third-order valence-electron chi connectivity index (χ3n) is 1.06. The number of halogens is 3. The van der Waals surface area contributed by atoms with Crippen LogP contribution in [0.5, 0.6) is 0 Å². The Morgan fingerprint density at radius 1 is 1.33 bits per heavy atom. The maximum atomic E-state index is 11.6. The third-order valence-corrected chi connectivity index (χ3v) is 7.78. The van der Waals surface area contributed by atoms with E-state index in [0.29, 0.717) is 4.21 Å². The zero-order valence-corrected chi connectivity index (χ0v) is 11.9. The first kappa shape index (κ1) is 11.2. The van der Waals surface area contributed by atoms with Gasteiger partial charge in [-0.3, -0.25) is 0 Å². The molecule has 0 N–H and O–H groups in total. The molecule has 7 heteroatoms. The smallest absolute Gasteiger partial charge is 0.220 e. The molecule has 0 aliphatic heterocycles. The van der Waals surface area contributed by atoms with Gasteiger partial charge >= 0.3 is 0 Å². The summed E-state index contributed by atoms with van der Waals surface area (Å²) in [5.74, 6) is 0. The van der Waals surface area contributed by atoms with Crippen molar-refractivity contribution in [2.75, 3.05) is 0 Å². The van der Waals surface area contributed by atoms with Crippen molar-refractivity contribution >= 4 is 69.0 Å². The molecule has 0 saturated carbocycles. The molecule has 0 radical (unpaired) electrons. The van der Waals surface area contributed by atoms with E-state index in [9.17, 15) is 8.42 Å². The standard InChI is InChI=1S/C5H3Br3O2S2/c6-5(7,8)12(9,10)4-2-1-3-11-4/h1-3H. The maximum Gasteiger partial charge on any atom is 0.240 e. The van der Waals surface area contributed by atoms with Crippen LogP contribution in [0.15, 0.2) is 21.7 Å². The van der Waals surface area contributed by atoms with Crippen molar-refractivity contribution in [3.05, 3.63) is 17.5 Å². The van der Waals surface area contributed by atoms with Crippen molar-refractivity contribution in [3.63, 3.8) is 0 Å². The molecule has 0 unspecified atom stereocenters. The number of hydrogen-bond donors (Lipinski definition) is 0. The summed E-state index contributed by atoms with van der Waals surface area (Å²) in [5, 5.41) is 1.71. The summed E-state index contributed by atoms with van der Waals surface area (Å²) in [6.07, 6.45) is 0. The summed E-state index contributed by atoms with van der Waals surface area (Å²) in [5.41, 5.74) is 0. The normalized spacial score (nSPS) is 13.2. The molecule has 12 heavy (non-hydrogen) atoms. The van der Waals surface area contributed by atoms with Crippen LogP contribution in [0.2, 0.25) is 0 Å². The molecule has 0 saturated heterocycles. The molecule has 1 rings (SSSR count). The van der Waals surface area contributed by atoms with E-state index >= 15 is 0 Å². The minimum Gasteiger partial charge on any atom is -0.220 e. The van der Waals surface area contributed by atoms with Crippen molar-refractivity contribution in [2.24, 2.45) is 0 Å². The Labute approximate surface area is 99.7 Å². The number of sulfone groups is 1. The van der Waals surface area contributed by atoms with Gasteiger partial charge in [-0.1, -0.05) is 6.07 Å². The second kappa shape index (κ2) is 3.68. The van der Waals surface area contributed by atoms with Crippen LogP contribution in [0.1, 0.15) is 0 Å². The molecule has 68 valence electrons. The summed E-state index contributed by atoms with van der Waals surface area (Å²) >= 11 is 10.1. The Balaban J connectivity index is 3.22. The van der Waals surface area contributed by atoms with Crippen molar-refractivity contribution in [1.29, 1.82) is 0 Å². The van der Waals surface area contributed by atoms with Crippen molar-refractivity contribution in [3.8, 4) is 0 Å². The Morgan fingerprint density at radius 3 is 2.25 bits per heavy atom. The Morgan fingerprint density at radius 2 is 1.92 bits per heavy atom. The van der Waals surface area contributed by atoms with Gasteiger partial charge in [0.05, 0.1) is 0 Å². The highest BCUT2D eigenvalue weighted by Gasteiger charge is 2.37. The zero-order valence-electron chi connectivity index (χ0n) is 5.50. The molecular formula is C5H3Br3O2S2. The van der Waals surface area contributed by atoms with E-state index in [1.807, 2.05) is 0 Å². The van der Waals surface area contributed by atoms with Crippen LogP contribution in [-0.4, -0.2) is 9.89 Å². The summed E-state index contributed by atoms with van der Waals surface area (Å²) in [6, 6.07) is 3.24. The monoisotopic (exact) mass is 396 g/mol.